The van der Waals surface area contributed by atoms with Gasteiger partial charge < -0.3 is 4.43 Å². The first-order valence-corrected chi connectivity index (χ1v) is 12.8. The van der Waals surface area contributed by atoms with Gasteiger partial charge in [0.05, 0.1) is 0 Å². The van der Waals surface area contributed by atoms with Gasteiger partial charge in [-0.1, -0.05) is 103 Å². The van der Waals surface area contributed by atoms with E-state index in [0.717, 1.165) is 13.0 Å². The van der Waals surface area contributed by atoms with Crippen molar-refractivity contribution in [3.8, 4) is 0 Å². The van der Waals surface area contributed by atoms with Crippen LogP contribution < -0.4 is 10.4 Å². The second-order valence-corrected chi connectivity index (χ2v) is 13.7. The van der Waals surface area contributed by atoms with Crippen LogP contribution in [0.2, 0.25) is 5.04 Å². The molecule has 0 spiro atoms. The molecule has 0 saturated carbocycles. The van der Waals surface area contributed by atoms with Crippen LogP contribution in [0.1, 0.15) is 46.5 Å². The molecule has 1 aliphatic rings. The van der Waals surface area contributed by atoms with Gasteiger partial charge in [-0.3, -0.25) is 0 Å². The number of allylic oxidation sites excluding steroid dienone is 2. The summed E-state index contributed by atoms with van der Waals surface area (Å²) in [6, 6.07) is 21.8. The molecule has 0 bridgehead atoms. The Morgan fingerprint density at radius 1 is 0.963 bits per heavy atom. The second-order valence-electron chi connectivity index (χ2n) is 8.52. The van der Waals surface area contributed by atoms with Crippen LogP contribution in [0, 0.1) is 5.92 Å². The highest BCUT2D eigenvalue weighted by Gasteiger charge is 2.50. The van der Waals surface area contributed by atoms with E-state index in [1.165, 1.54) is 34.1 Å². The summed E-state index contributed by atoms with van der Waals surface area (Å²) in [4.78, 5) is 0. The molecule has 0 amide bonds. The average molecular weight is 444 g/mol. The van der Waals surface area contributed by atoms with Crippen molar-refractivity contribution in [2.45, 2.75) is 51.5 Å². The highest BCUT2D eigenvalue weighted by molar-refractivity contribution is 9.11. The first-order chi connectivity index (χ1) is 12.9. The van der Waals surface area contributed by atoms with E-state index in [1.807, 2.05) is 0 Å². The van der Waals surface area contributed by atoms with Gasteiger partial charge in [0.1, 0.15) is 0 Å². The Bertz CT molecular complexity index is 709. The van der Waals surface area contributed by atoms with Gasteiger partial charge in [0.15, 0.2) is 0 Å². The van der Waals surface area contributed by atoms with Crippen LogP contribution in [0.15, 0.2) is 71.2 Å². The zero-order valence-electron chi connectivity index (χ0n) is 16.7. The van der Waals surface area contributed by atoms with Crippen molar-refractivity contribution < 1.29 is 4.43 Å². The smallest absolute Gasteiger partial charge is 0.261 e. The molecule has 27 heavy (non-hydrogen) atoms. The summed E-state index contributed by atoms with van der Waals surface area (Å²) >= 11 is 3.78. The Balaban J connectivity index is 1.94. The third-order valence-corrected chi connectivity index (χ3v) is 11.7. The molecule has 3 rings (SSSR count). The van der Waals surface area contributed by atoms with Crippen molar-refractivity contribution in [2.24, 2.45) is 5.92 Å². The molecule has 3 heteroatoms. The predicted octanol–water partition coefficient (Wildman–Crippen LogP) is 6.03. The first kappa shape index (κ1) is 20.6. The molecule has 144 valence electrons. The Labute approximate surface area is 174 Å². The molecule has 0 aliphatic heterocycles. The van der Waals surface area contributed by atoms with Crippen LogP contribution in [0.4, 0.5) is 0 Å². The molecule has 1 unspecified atom stereocenters. The van der Waals surface area contributed by atoms with Gasteiger partial charge in [0.2, 0.25) is 0 Å². The molecule has 0 heterocycles. The molecule has 1 aliphatic carbocycles. The number of halogens is 1. The van der Waals surface area contributed by atoms with E-state index in [-0.39, 0.29) is 5.04 Å². The molecule has 0 fully saturated rings. The minimum Gasteiger partial charge on any atom is -0.407 e. The van der Waals surface area contributed by atoms with E-state index in [0.29, 0.717) is 5.92 Å². The van der Waals surface area contributed by atoms with Crippen LogP contribution >= 0.6 is 15.9 Å². The molecule has 1 atom stereocenters. The Morgan fingerprint density at radius 3 is 2.00 bits per heavy atom. The highest BCUT2D eigenvalue weighted by Crippen LogP contribution is 2.38. The molecular formula is C24H31BrOSi. The van der Waals surface area contributed by atoms with Gasteiger partial charge in [-0.25, -0.2) is 0 Å². The van der Waals surface area contributed by atoms with Crippen molar-refractivity contribution in [3.63, 3.8) is 0 Å². The van der Waals surface area contributed by atoms with E-state index in [1.54, 1.807) is 0 Å². The van der Waals surface area contributed by atoms with Gasteiger partial charge in [0, 0.05) is 6.61 Å². The van der Waals surface area contributed by atoms with Gasteiger partial charge in [0.25, 0.3) is 8.32 Å². The van der Waals surface area contributed by atoms with Crippen LogP contribution in [-0.2, 0) is 4.43 Å². The average Bonchev–Trinajstić information content (AvgIpc) is 2.67. The zero-order chi connectivity index (χ0) is 19.3. The molecule has 0 N–H and O–H groups in total. The first-order valence-electron chi connectivity index (χ1n) is 10.1. The van der Waals surface area contributed by atoms with Gasteiger partial charge >= 0.3 is 0 Å². The monoisotopic (exact) mass is 442 g/mol. The summed E-state index contributed by atoms with van der Waals surface area (Å²) in [5.74, 6) is 0.608. The molecule has 2 aromatic carbocycles. The largest absolute Gasteiger partial charge is 0.407 e. The van der Waals surface area contributed by atoms with Gasteiger partial charge in [-0.2, -0.15) is 0 Å². The summed E-state index contributed by atoms with van der Waals surface area (Å²) in [5, 5.41) is 2.78. The molecule has 0 saturated heterocycles. The zero-order valence-corrected chi connectivity index (χ0v) is 19.3. The van der Waals surface area contributed by atoms with E-state index >= 15 is 0 Å². The maximum Gasteiger partial charge on any atom is 0.261 e. The topological polar surface area (TPSA) is 9.23 Å². The van der Waals surface area contributed by atoms with Gasteiger partial charge in [-0.15, -0.1) is 0 Å². The number of rotatable bonds is 6. The van der Waals surface area contributed by atoms with Crippen molar-refractivity contribution in [3.05, 3.63) is 71.2 Å². The van der Waals surface area contributed by atoms with Crippen molar-refractivity contribution in [2.75, 3.05) is 6.61 Å². The van der Waals surface area contributed by atoms with E-state index < -0.39 is 8.32 Å². The second kappa shape index (κ2) is 8.89. The van der Waals surface area contributed by atoms with Crippen LogP contribution in [-0.4, -0.2) is 14.9 Å². The van der Waals surface area contributed by atoms with Crippen LogP contribution in [0.25, 0.3) is 0 Å². The Kier molecular flexibility index (Phi) is 6.77. The lowest BCUT2D eigenvalue weighted by molar-refractivity contribution is 0.268. The lowest BCUT2D eigenvalue weighted by Crippen LogP contribution is -2.66. The third kappa shape index (κ3) is 4.47. The van der Waals surface area contributed by atoms with E-state index in [9.17, 15) is 0 Å². The fraction of sp³-hybridized carbons (Fsp3) is 0.417. The van der Waals surface area contributed by atoms with Crippen LogP contribution in [0.3, 0.4) is 0 Å². The Hall–Kier alpha value is -1.16. The number of hydrogen-bond donors (Lipinski definition) is 0. The summed E-state index contributed by atoms with van der Waals surface area (Å²) in [5.41, 5.74) is 0. The predicted molar refractivity (Wildman–Crippen MR) is 123 cm³/mol. The highest BCUT2D eigenvalue weighted by atomic mass is 79.9. The maximum atomic E-state index is 7.01. The van der Waals surface area contributed by atoms with Crippen molar-refractivity contribution in [1.29, 1.82) is 0 Å². The lowest BCUT2D eigenvalue weighted by Gasteiger charge is -2.43. The van der Waals surface area contributed by atoms with E-state index in [2.05, 4.69) is 103 Å². The lowest BCUT2D eigenvalue weighted by atomic mass is 9.93. The maximum absolute atomic E-state index is 7.01. The summed E-state index contributed by atoms with van der Waals surface area (Å²) in [6.45, 7) is 7.84. The third-order valence-electron chi connectivity index (χ3n) is 5.69. The Morgan fingerprint density at radius 2 is 1.52 bits per heavy atom. The number of benzene rings is 2. The molecule has 0 aromatic heterocycles. The summed E-state index contributed by atoms with van der Waals surface area (Å²) in [6.07, 6.45) is 7.19. The fourth-order valence-electron chi connectivity index (χ4n) is 4.31. The fourth-order valence-corrected chi connectivity index (χ4v) is 9.57. The minimum atomic E-state index is -2.39. The summed E-state index contributed by atoms with van der Waals surface area (Å²) in [7, 11) is -2.39. The SMILES string of the molecule is CC(C)(C)[Si](OCCC1CCCC=C1Br)(c1ccccc1)c1ccccc1. The van der Waals surface area contributed by atoms with Gasteiger partial charge in [-0.05, 0) is 51.5 Å². The standard InChI is InChI=1S/C24H31BrOSi/c1-24(2,3)27(21-13-6-4-7-14-21,22-15-8-5-9-16-22)26-19-18-20-12-10-11-17-23(20)25/h4-9,13-17,20H,10-12,18-19H2,1-3H3. The quantitative estimate of drug-likeness (QED) is 0.495. The molecule has 1 nitrogen and oxygen atoms in total. The van der Waals surface area contributed by atoms with Crippen LogP contribution in [0.5, 0.6) is 0 Å². The number of hydrogen-bond acceptors (Lipinski definition) is 1. The summed E-state index contributed by atoms with van der Waals surface area (Å²) < 4.78 is 8.38. The minimum absolute atomic E-state index is 0.0509. The molecule has 0 radical (unpaired) electrons. The van der Waals surface area contributed by atoms with Crippen molar-refractivity contribution in [1.82, 2.24) is 0 Å². The van der Waals surface area contributed by atoms with Crippen molar-refractivity contribution >= 4 is 34.6 Å². The van der Waals surface area contributed by atoms with E-state index in [4.69, 9.17) is 4.43 Å². The normalized spacial score (nSPS) is 18.2. The molecular weight excluding hydrogens is 412 g/mol. The molecule has 2 aromatic rings.